The molecule has 10 heteroatoms. The van der Waals surface area contributed by atoms with E-state index in [4.69, 9.17) is 63.7 Å². The maximum absolute atomic E-state index is 11.4. The monoisotopic (exact) mass is 374 g/mol. The number of hydrogen-bond acceptors (Lipinski definition) is 3. The fraction of sp³-hybridized carbons (Fsp3) is 0.100. The summed E-state index contributed by atoms with van der Waals surface area (Å²) in [5, 5.41) is 13.7. The Hall–Kier alpha value is -0.790. The van der Waals surface area contributed by atoms with Crippen molar-refractivity contribution in [1.29, 1.82) is 0 Å². The lowest BCUT2D eigenvalue weighted by Crippen LogP contribution is -2.41. The molecule has 0 saturated heterocycles. The summed E-state index contributed by atoms with van der Waals surface area (Å²) < 4.78 is -2.18. The Morgan fingerprint density at radius 2 is 1.85 bits per heavy atom. The summed E-state index contributed by atoms with van der Waals surface area (Å²) in [6.45, 7) is 0. The minimum atomic E-state index is -2.18. The van der Waals surface area contributed by atoms with Crippen LogP contribution in [0.25, 0.3) is 0 Å². The summed E-state index contributed by atoms with van der Waals surface area (Å²) in [4.78, 5) is 22.4. The van der Waals surface area contributed by atoms with E-state index >= 15 is 0 Å². The van der Waals surface area contributed by atoms with Gasteiger partial charge < -0.3 is 10.4 Å². The molecule has 0 aromatic heterocycles. The van der Waals surface area contributed by atoms with E-state index in [1.54, 1.807) is 0 Å². The number of alkyl halides is 3. The third-order valence-corrected chi connectivity index (χ3v) is 2.90. The van der Waals surface area contributed by atoms with Gasteiger partial charge in [-0.05, 0) is 30.4 Å². The molecule has 0 spiro atoms. The van der Waals surface area contributed by atoms with Crippen molar-refractivity contribution in [3.8, 4) is 0 Å². The van der Waals surface area contributed by atoms with Crippen LogP contribution in [0.15, 0.2) is 18.2 Å². The van der Waals surface area contributed by atoms with Gasteiger partial charge in [-0.2, -0.15) is 0 Å². The van der Waals surface area contributed by atoms with Gasteiger partial charge in [0.1, 0.15) is 0 Å². The van der Waals surface area contributed by atoms with Crippen LogP contribution in [0.3, 0.4) is 0 Å². The number of hydrogen-bond donors (Lipinski definition) is 3. The fourth-order valence-corrected chi connectivity index (χ4v) is 1.65. The Kier molecular flexibility index (Phi) is 5.85. The lowest BCUT2D eigenvalue weighted by atomic mass is 10.2. The molecule has 0 aliphatic heterocycles. The van der Waals surface area contributed by atoms with Crippen molar-refractivity contribution in [3.05, 3.63) is 28.8 Å². The highest BCUT2D eigenvalue weighted by Gasteiger charge is 2.31. The average Bonchev–Trinajstić information content (AvgIpc) is 2.29. The summed E-state index contributed by atoms with van der Waals surface area (Å²) in [5.41, 5.74) is 0.0134. The van der Waals surface area contributed by atoms with Crippen molar-refractivity contribution in [2.24, 2.45) is 0 Å². The molecule has 1 amide bonds. The van der Waals surface area contributed by atoms with Crippen LogP contribution in [-0.2, 0) is 4.79 Å². The molecule has 0 aliphatic rings. The molecular formula is C10H6Cl4N2O3S. The number of thiocarbonyl (C=S) groups is 1. The zero-order valence-corrected chi connectivity index (χ0v) is 13.3. The number of carbonyl (C=O) groups is 2. The summed E-state index contributed by atoms with van der Waals surface area (Å²) >= 11 is 26.6. The predicted molar refractivity (Wildman–Crippen MR) is 83.1 cm³/mol. The normalized spacial score (nSPS) is 10.8. The molecule has 0 unspecified atom stereocenters. The first kappa shape index (κ1) is 17.3. The first-order valence-corrected chi connectivity index (χ1v) is 6.75. The Balaban J connectivity index is 2.87. The minimum absolute atomic E-state index is 0.122. The molecule has 0 atom stereocenters. The van der Waals surface area contributed by atoms with E-state index in [1.807, 2.05) is 0 Å². The lowest BCUT2D eigenvalue weighted by Gasteiger charge is -2.14. The highest BCUT2D eigenvalue weighted by atomic mass is 35.6. The SMILES string of the molecule is O=C(O)c1cc(Cl)ccc1NC(=S)NC(=O)C(Cl)(Cl)Cl. The van der Waals surface area contributed by atoms with Crippen LogP contribution in [0.2, 0.25) is 5.02 Å². The number of carboxylic acids is 1. The molecule has 0 saturated carbocycles. The number of nitrogens with one attached hydrogen (secondary N) is 2. The van der Waals surface area contributed by atoms with Crippen molar-refractivity contribution in [2.45, 2.75) is 3.79 Å². The topological polar surface area (TPSA) is 78.4 Å². The van der Waals surface area contributed by atoms with Crippen LogP contribution in [0, 0.1) is 0 Å². The third kappa shape index (κ3) is 4.96. The lowest BCUT2D eigenvalue weighted by molar-refractivity contribution is -0.118. The van der Waals surface area contributed by atoms with E-state index in [9.17, 15) is 9.59 Å². The summed E-state index contributed by atoms with van der Waals surface area (Å²) in [5.74, 6) is -2.18. The predicted octanol–water partition coefficient (Wildman–Crippen LogP) is 3.22. The van der Waals surface area contributed by atoms with E-state index in [2.05, 4.69) is 10.6 Å². The fourth-order valence-electron chi connectivity index (χ4n) is 1.13. The number of rotatable bonds is 2. The van der Waals surface area contributed by atoms with Crippen LogP contribution in [0.1, 0.15) is 10.4 Å². The van der Waals surface area contributed by atoms with Crippen LogP contribution < -0.4 is 10.6 Å². The Labute approximate surface area is 139 Å². The second-order valence-corrected chi connectivity index (χ2v) is 6.53. The number of aromatic carboxylic acids is 1. The van der Waals surface area contributed by atoms with E-state index in [0.717, 1.165) is 0 Å². The van der Waals surface area contributed by atoms with E-state index in [0.29, 0.717) is 0 Å². The molecule has 0 aliphatic carbocycles. The van der Waals surface area contributed by atoms with Crippen molar-refractivity contribution in [1.82, 2.24) is 5.32 Å². The quantitative estimate of drug-likeness (QED) is 0.546. The smallest absolute Gasteiger partial charge is 0.337 e. The van der Waals surface area contributed by atoms with Crippen molar-refractivity contribution < 1.29 is 14.7 Å². The van der Waals surface area contributed by atoms with Crippen molar-refractivity contribution in [3.63, 3.8) is 0 Å². The van der Waals surface area contributed by atoms with E-state index < -0.39 is 15.7 Å². The molecular weight excluding hydrogens is 370 g/mol. The van der Waals surface area contributed by atoms with Gasteiger partial charge in [0.25, 0.3) is 9.70 Å². The third-order valence-electron chi connectivity index (χ3n) is 1.94. The van der Waals surface area contributed by atoms with E-state index in [-0.39, 0.29) is 21.4 Å². The molecule has 0 radical (unpaired) electrons. The van der Waals surface area contributed by atoms with Gasteiger partial charge in [-0.1, -0.05) is 46.4 Å². The molecule has 108 valence electrons. The Bertz CT molecular complexity index is 574. The Morgan fingerprint density at radius 1 is 1.25 bits per heavy atom. The van der Waals surface area contributed by atoms with E-state index in [1.165, 1.54) is 18.2 Å². The van der Waals surface area contributed by atoms with Gasteiger partial charge >= 0.3 is 5.97 Å². The van der Waals surface area contributed by atoms with Crippen LogP contribution in [-0.4, -0.2) is 25.9 Å². The van der Waals surface area contributed by atoms with Gasteiger partial charge in [0.2, 0.25) is 0 Å². The first-order chi connectivity index (χ1) is 9.11. The van der Waals surface area contributed by atoms with Crippen LogP contribution >= 0.6 is 58.6 Å². The van der Waals surface area contributed by atoms with Gasteiger partial charge in [-0.3, -0.25) is 10.1 Å². The van der Waals surface area contributed by atoms with Gasteiger partial charge in [0.05, 0.1) is 11.3 Å². The molecule has 1 rings (SSSR count). The van der Waals surface area contributed by atoms with Gasteiger partial charge in [0, 0.05) is 5.02 Å². The number of benzene rings is 1. The standard InChI is InChI=1S/C10H6Cl4N2O3S/c11-4-1-2-6(5(3-4)7(17)18)15-9(20)16-8(19)10(12,13)14/h1-3H,(H,17,18)(H2,15,16,19,20). The van der Waals surface area contributed by atoms with Gasteiger partial charge in [0.15, 0.2) is 5.11 Å². The summed E-state index contributed by atoms with van der Waals surface area (Å²) in [6.07, 6.45) is 0. The molecule has 1 aromatic carbocycles. The number of halogens is 4. The van der Waals surface area contributed by atoms with Gasteiger partial charge in [-0.15, -0.1) is 0 Å². The average molecular weight is 376 g/mol. The maximum Gasteiger partial charge on any atom is 0.337 e. The number of amides is 1. The highest BCUT2D eigenvalue weighted by molar-refractivity contribution is 7.80. The minimum Gasteiger partial charge on any atom is -0.478 e. The Morgan fingerprint density at radius 3 is 2.35 bits per heavy atom. The summed E-state index contributed by atoms with van der Waals surface area (Å²) in [6, 6.07) is 4.07. The molecule has 1 aromatic rings. The zero-order chi connectivity index (χ0) is 15.5. The van der Waals surface area contributed by atoms with Crippen LogP contribution in [0.5, 0.6) is 0 Å². The number of carboxylic acid groups (broad SMARTS) is 1. The highest BCUT2D eigenvalue weighted by Crippen LogP contribution is 2.26. The molecule has 0 bridgehead atoms. The molecule has 0 fully saturated rings. The van der Waals surface area contributed by atoms with Crippen molar-refractivity contribution in [2.75, 3.05) is 5.32 Å². The van der Waals surface area contributed by atoms with Crippen molar-refractivity contribution >= 4 is 81.3 Å². The second kappa shape index (κ2) is 6.78. The zero-order valence-electron chi connectivity index (χ0n) is 9.42. The second-order valence-electron chi connectivity index (χ2n) is 3.40. The maximum atomic E-state index is 11.4. The molecule has 0 heterocycles. The summed E-state index contributed by atoms with van der Waals surface area (Å²) in [7, 11) is 0. The molecule has 3 N–H and O–H groups in total. The van der Waals surface area contributed by atoms with Gasteiger partial charge in [-0.25, -0.2) is 4.79 Å². The molecule has 20 heavy (non-hydrogen) atoms. The number of carbonyl (C=O) groups excluding carboxylic acids is 1. The first-order valence-electron chi connectivity index (χ1n) is 4.83. The largest absolute Gasteiger partial charge is 0.478 e. The van der Waals surface area contributed by atoms with Crippen LogP contribution in [0.4, 0.5) is 5.69 Å². The number of anilines is 1. The molecule has 5 nitrogen and oxygen atoms in total.